The lowest BCUT2D eigenvalue weighted by molar-refractivity contribution is 0.101. The number of carbonyl (C=O) groups excluding carboxylic acids is 1. The van der Waals surface area contributed by atoms with Crippen LogP contribution in [0.5, 0.6) is 11.5 Å². The molecular weight excluding hydrogens is 413 g/mol. The Balaban J connectivity index is 1.69. The Morgan fingerprint density at radius 3 is 2.60 bits per heavy atom. The van der Waals surface area contributed by atoms with E-state index in [0.29, 0.717) is 30.4 Å². The van der Waals surface area contributed by atoms with E-state index in [4.69, 9.17) is 21.1 Å². The highest BCUT2D eigenvalue weighted by Crippen LogP contribution is 2.37. The van der Waals surface area contributed by atoms with Crippen LogP contribution < -0.4 is 20.2 Å². The number of nitrogens with zero attached hydrogens (tertiary/aromatic N) is 2. The Morgan fingerprint density at radius 2 is 1.87 bits per heavy atom. The second-order valence-corrected chi connectivity index (χ2v) is 7.05. The molecule has 0 fully saturated rings. The van der Waals surface area contributed by atoms with Crippen LogP contribution >= 0.6 is 11.6 Å². The monoisotopic (exact) mass is 429 g/mol. The van der Waals surface area contributed by atoms with Gasteiger partial charge in [0, 0.05) is 30.3 Å². The molecule has 2 heterocycles. The molecule has 0 radical (unpaired) electrons. The Labute approximate surface area is 176 Å². The smallest absolute Gasteiger partial charge is 0.280 e. The van der Waals surface area contributed by atoms with Crippen molar-refractivity contribution in [3.63, 3.8) is 0 Å². The van der Waals surface area contributed by atoms with Crippen molar-refractivity contribution in [3.05, 3.63) is 74.9 Å². The number of nitrogens with one attached hydrogen (secondary N) is 1. The van der Waals surface area contributed by atoms with Crippen molar-refractivity contribution in [2.75, 3.05) is 18.5 Å². The van der Waals surface area contributed by atoms with Gasteiger partial charge in [-0.15, -0.1) is 0 Å². The summed E-state index contributed by atoms with van der Waals surface area (Å²) in [5.74, 6) is -0.394. The molecule has 1 aromatic heterocycles. The Kier molecular flexibility index (Phi) is 5.41. The van der Waals surface area contributed by atoms with Gasteiger partial charge in [-0.1, -0.05) is 23.7 Å². The zero-order valence-corrected chi connectivity index (χ0v) is 16.7. The maximum absolute atomic E-state index is 14.2. The lowest BCUT2D eigenvalue weighted by Crippen LogP contribution is -2.27. The maximum atomic E-state index is 14.2. The first-order valence-electron chi connectivity index (χ1n) is 9.20. The van der Waals surface area contributed by atoms with Crippen LogP contribution in [0, 0.1) is 12.7 Å². The molecule has 3 aromatic rings. The summed E-state index contributed by atoms with van der Waals surface area (Å²) in [6, 6.07) is 10.2. The van der Waals surface area contributed by atoms with Crippen molar-refractivity contribution in [1.82, 2.24) is 9.78 Å². The van der Waals surface area contributed by atoms with Gasteiger partial charge in [-0.3, -0.25) is 9.59 Å². The summed E-state index contributed by atoms with van der Waals surface area (Å²) in [6.07, 6.45) is 0.719. The molecule has 1 aliphatic heterocycles. The highest BCUT2D eigenvalue weighted by molar-refractivity contribution is 6.34. The number of carbonyl (C=O) groups is 1. The fraction of sp³-hybridized carbons (Fsp3) is 0.190. The van der Waals surface area contributed by atoms with Crippen LogP contribution in [0.3, 0.4) is 0 Å². The largest absolute Gasteiger partial charge is 0.490 e. The number of para-hydroxylation sites is 1. The van der Waals surface area contributed by atoms with E-state index in [0.717, 1.165) is 6.42 Å². The summed E-state index contributed by atoms with van der Waals surface area (Å²) >= 11 is 6.26. The number of halogens is 2. The van der Waals surface area contributed by atoms with Gasteiger partial charge in [0.15, 0.2) is 17.2 Å². The minimum atomic E-state index is -0.776. The van der Waals surface area contributed by atoms with Crippen molar-refractivity contribution in [3.8, 4) is 17.2 Å². The van der Waals surface area contributed by atoms with Crippen molar-refractivity contribution in [2.45, 2.75) is 13.3 Å². The fourth-order valence-corrected chi connectivity index (χ4v) is 3.23. The number of hydrogen-bond acceptors (Lipinski definition) is 5. The first kappa shape index (κ1) is 19.9. The van der Waals surface area contributed by atoms with Crippen molar-refractivity contribution >= 4 is 23.2 Å². The zero-order valence-electron chi connectivity index (χ0n) is 15.9. The Hall–Kier alpha value is -3.39. The molecule has 7 nitrogen and oxygen atoms in total. The molecule has 0 saturated heterocycles. The van der Waals surface area contributed by atoms with Gasteiger partial charge < -0.3 is 14.8 Å². The highest BCUT2D eigenvalue weighted by atomic mass is 35.5. The summed E-state index contributed by atoms with van der Waals surface area (Å²) in [5.41, 5.74) is -0.242. The van der Waals surface area contributed by atoms with Gasteiger partial charge in [-0.2, -0.15) is 5.10 Å². The van der Waals surface area contributed by atoms with Crippen LogP contribution in [-0.4, -0.2) is 28.9 Å². The number of fused-ring (bicyclic) bond motifs is 1. The third-order valence-corrected chi connectivity index (χ3v) is 4.80. The summed E-state index contributed by atoms with van der Waals surface area (Å²) in [5, 5.41) is 6.88. The molecule has 0 aliphatic carbocycles. The number of benzene rings is 2. The SMILES string of the molecule is Cc1cc(=O)c(C(=O)Nc2cc3c(cc2Cl)OCCCO3)nn1-c1ccccc1F. The van der Waals surface area contributed by atoms with Gasteiger partial charge in [0.1, 0.15) is 11.5 Å². The zero-order chi connectivity index (χ0) is 21.3. The number of ether oxygens (including phenoxy) is 2. The van der Waals surface area contributed by atoms with Crippen LogP contribution in [0.15, 0.2) is 47.3 Å². The molecule has 0 unspecified atom stereocenters. The molecule has 9 heteroatoms. The summed E-state index contributed by atoms with van der Waals surface area (Å²) in [4.78, 5) is 25.2. The topological polar surface area (TPSA) is 82.5 Å². The lowest BCUT2D eigenvalue weighted by atomic mass is 10.2. The van der Waals surface area contributed by atoms with E-state index in [1.54, 1.807) is 13.0 Å². The maximum Gasteiger partial charge on any atom is 0.280 e. The van der Waals surface area contributed by atoms with E-state index in [1.165, 1.54) is 41.1 Å². The summed E-state index contributed by atoms with van der Waals surface area (Å²) in [6.45, 7) is 2.57. The number of rotatable bonds is 3. The van der Waals surface area contributed by atoms with Crippen molar-refractivity contribution < 1.29 is 18.7 Å². The van der Waals surface area contributed by atoms with Crippen LogP contribution in [0.4, 0.5) is 10.1 Å². The van der Waals surface area contributed by atoms with Gasteiger partial charge in [-0.05, 0) is 19.1 Å². The highest BCUT2D eigenvalue weighted by Gasteiger charge is 2.20. The van der Waals surface area contributed by atoms with E-state index in [2.05, 4.69) is 10.4 Å². The molecular formula is C21H17ClFN3O4. The van der Waals surface area contributed by atoms with E-state index >= 15 is 0 Å². The summed E-state index contributed by atoms with van der Waals surface area (Å²) < 4.78 is 26.6. The third-order valence-electron chi connectivity index (χ3n) is 4.49. The molecule has 1 N–H and O–H groups in total. The Bertz CT molecular complexity index is 1200. The molecule has 2 aromatic carbocycles. The lowest BCUT2D eigenvalue weighted by Gasteiger charge is -2.14. The number of aromatic nitrogens is 2. The van der Waals surface area contributed by atoms with Crippen molar-refractivity contribution in [2.24, 2.45) is 0 Å². The molecule has 0 bridgehead atoms. The first-order chi connectivity index (χ1) is 14.4. The van der Waals surface area contributed by atoms with Gasteiger partial charge >= 0.3 is 0 Å². The molecule has 0 saturated carbocycles. The Morgan fingerprint density at radius 1 is 1.17 bits per heavy atom. The van der Waals surface area contributed by atoms with E-state index in [1.807, 2.05) is 0 Å². The second kappa shape index (κ2) is 8.16. The van der Waals surface area contributed by atoms with Gasteiger partial charge in [-0.25, -0.2) is 9.07 Å². The fourth-order valence-electron chi connectivity index (χ4n) is 3.03. The second-order valence-electron chi connectivity index (χ2n) is 6.65. The van der Waals surface area contributed by atoms with E-state index in [-0.39, 0.29) is 16.4 Å². The molecule has 4 rings (SSSR count). The molecule has 0 spiro atoms. The van der Waals surface area contributed by atoms with Gasteiger partial charge in [0.25, 0.3) is 5.91 Å². The third kappa shape index (κ3) is 3.86. The van der Waals surface area contributed by atoms with Gasteiger partial charge in [0.2, 0.25) is 5.43 Å². The van der Waals surface area contributed by atoms with Crippen LogP contribution in [0.25, 0.3) is 5.69 Å². The molecule has 1 amide bonds. The van der Waals surface area contributed by atoms with E-state index in [9.17, 15) is 14.0 Å². The van der Waals surface area contributed by atoms with E-state index < -0.39 is 22.8 Å². The number of hydrogen-bond donors (Lipinski definition) is 1. The number of anilines is 1. The number of amides is 1. The predicted molar refractivity (Wildman–Crippen MR) is 110 cm³/mol. The van der Waals surface area contributed by atoms with Crippen LogP contribution in [-0.2, 0) is 0 Å². The first-order valence-corrected chi connectivity index (χ1v) is 9.58. The standard InChI is InChI=1S/C21H17ClFN3O4/c1-12-9-17(27)20(25-26(12)16-6-3-2-5-14(16)23)21(28)24-15-11-19-18(10-13(15)22)29-7-4-8-30-19/h2-3,5-6,9-11H,4,7-8H2,1H3,(H,24,28). The average molecular weight is 430 g/mol. The molecule has 154 valence electrons. The average Bonchev–Trinajstić information content (AvgIpc) is 2.94. The molecule has 0 atom stereocenters. The predicted octanol–water partition coefficient (Wildman–Crippen LogP) is 3.75. The number of aryl methyl sites for hydroxylation is 1. The van der Waals surface area contributed by atoms with Crippen molar-refractivity contribution in [1.29, 1.82) is 0 Å². The normalized spacial score (nSPS) is 12.9. The minimum Gasteiger partial charge on any atom is -0.490 e. The molecule has 1 aliphatic rings. The summed E-state index contributed by atoms with van der Waals surface area (Å²) in [7, 11) is 0. The van der Waals surface area contributed by atoms with Gasteiger partial charge in [0.05, 0.1) is 23.9 Å². The van der Waals surface area contributed by atoms with Crippen LogP contribution in [0.1, 0.15) is 22.6 Å². The minimum absolute atomic E-state index is 0.123. The molecule has 30 heavy (non-hydrogen) atoms. The van der Waals surface area contributed by atoms with Crippen LogP contribution in [0.2, 0.25) is 5.02 Å². The quantitative estimate of drug-likeness (QED) is 0.685.